The number of hydrogen-bond donors (Lipinski definition) is 2. The molecule has 0 aliphatic carbocycles. The Labute approximate surface area is 73.2 Å². The lowest BCUT2D eigenvalue weighted by atomic mass is 9.83. The van der Waals surface area contributed by atoms with Crippen LogP contribution in [0.25, 0.3) is 0 Å². The van der Waals surface area contributed by atoms with Gasteiger partial charge in [0.25, 0.3) is 0 Å². The lowest BCUT2D eigenvalue weighted by molar-refractivity contribution is -0.143. The highest BCUT2D eigenvalue weighted by Crippen LogP contribution is 2.24. The van der Waals surface area contributed by atoms with Crippen molar-refractivity contribution >= 4 is 5.97 Å². The molecule has 3 nitrogen and oxygen atoms in total. The topological polar surface area (TPSA) is 49.3 Å². The van der Waals surface area contributed by atoms with Crippen molar-refractivity contribution in [3.05, 3.63) is 0 Å². The van der Waals surface area contributed by atoms with Gasteiger partial charge in [-0.15, -0.1) is 0 Å². The molecule has 0 bridgehead atoms. The molecule has 0 aromatic carbocycles. The van der Waals surface area contributed by atoms with E-state index in [-0.39, 0.29) is 5.92 Å². The summed E-state index contributed by atoms with van der Waals surface area (Å²) in [5, 5.41) is 12.1. The molecule has 0 radical (unpaired) electrons. The van der Waals surface area contributed by atoms with E-state index >= 15 is 0 Å². The van der Waals surface area contributed by atoms with Gasteiger partial charge in [-0.1, -0.05) is 6.92 Å². The molecule has 3 unspecified atom stereocenters. The summed E-state index contributed by atoms with van der Waals surface area (Å²) in [6.07, 6.45) is 1.99. The lowest BCUT2D eigenvalue weighted by Gasteiger charge is -2.30. The number of carboxylic acids is 1. The molecule has 0 spiro atoms. The minimum Gasteiger partial charge on any atom is -0.481 e. The van der Waals surface area contributed by atoms with Crippen LogP contribution in [0.15, 0.2) is 0 Å². The molecule has 0 aromatic rings. The largest absolute Gasteiger partial charge is 0.481 e. The minimum absolute atomic E-state index is 0.186. The van der Waals surface area contributed by atoms with Gasteiger partial charge in [0.15, 0.2) is 0 Å². The molecule has 0 amide bonds. The number of rotatable bonds is 2. The zero-order valence-electron chi connectivity index (χ0n) is 7.71. The number of hydrogen-bond acceptors (Lipinski definition) is 2. The Balaban J connectivity index is 2.45. The van der Waals surface area contributed by atoms with E-state index < -0.39 is 5.97 Å². The van der Waals surface area contributed by atoms with Crippen molar-refractivity contribution in [2.24, 2.45) is 11.8 Å². The van der Waals surface area contributed by atoms with Crippen molar-refractivity contribution in [2.45, 2.75) is 32.7 Å². The van der Waals surface area contributed by atoms with Crippen LogP contribution in [-0.4, -0.2) is 23.7 Å². The molecule has 2 N–H and O–H groups in total. The lowest BCUT2D eigenvalue weighted by Crippen LogP contribution is -2.39. The maximum atomic E-state index is 10.7. The van der Waals surface area contributed by atoms with Crippen molar-refractivity contribution in [2.75, 3.05) is 6.54 Å². The van der Waals surface area contributed by atoms with Gasteiger partial charge in [0.05, 0.1) is 5.92 Å². The number of aliphatic carboxylic acids is 1. The molecule has 0 aromatic heterocycles. The minimum atomic E-state index is -0.658. The van der Waals surface area contributed by atoms with Gasteiger partial charge in [-0.2, -0.15) is 0 Å². The van der Waals surface area contributed by atoms with Crippen LogP contribution in [0.2, 0.25) is 0 Å². The molecule has 1 heterocycles. The number of nitrogens with one attached hydrogen (secondary N) is 1. The van der Waals surface area contributed by atoms with Crippen molar-refractivity contribution in [1.29, 1.82) is 0 Å². The van der Waals surface area contributed by atoms with Gasteiger partial charge >= 0.3 is 5.97 Å². The van der Waals surface area contributed by atoms with Crippen molar-refractivity contribution < 1.29 is 9.90 Å². The van der Waals surface area contributed by atoms with Gasteiger partial charge in [0.1, 0.15) is 0 Å². The van der Waals surface area contributed by atoms with Crippen LogP contribution < -0.4 is 5.32 Å². The van der Waals surface area contributed by atoms with Crippen LogP contribution in [-0.2, 0) is 4.79 Å². The molecule has 1 aliphatic rings. The Bertz CT molecular complexity index is 170. The Morgan fingerprint density at radius 2 is 2.33 bits per heavy atom. The van der Waals surface area contributed by atoms with Gasteiger partial charge in [-0.25, -0.2) is 0 Å². The van der Waals surface area contributed by atoms with Crippen LogP contribution >= 0.6 is 0 Å². The van der Waals surface area contributed by atoms with E-state index in [9.17, 15) is 4.79 Å². The fourth-order valence-electron chi connectivity index (χ4n) is 1.83. The molecule has 1 fully saturated rings. The first-order chi connectivity index (χ1) is 5.61. The summed E-state index contributed by atoms with van der Waals surface area (Å²) in [5.74, 6) is -0.484. The third-order valence-electron chi connectivity index (χ3n) is 2.76. The van der Waals surface area contributed by atoms with E-state index in [4.69, 9.17) is 5.11 Å². The number of carboxylic acid groups (broad SMARTS) is 1. The van der Waals surface area contributed by atoms with Crippen molar-refractivity contribution in [3.63, 3.8) is 0 Å². The monoisotopic (exact) mass is 171 g/mol. The molecule has 3 heteroatoms. The molecule has 70 valence electrons. The SMILES string of the molecule is CC1CC(C(C)C(=O)O)CCN1. The second-order valence-corrected chi connectivity index (χ2v) is 3.77. The summed E-state index contributed by atoms with van der Waals surface area (Å²) in [7, 11) is 0. The Morgan fingerprint density at radius 3 is 2.83 bits per heavy atom. The highest BCUT2D eigenvalue weighted by Gasteiger charge is 2.27. The van der Waals surface area contributed by atoms with Crippen LogP contribution in [0.1, 0.15) is 26.7 Å². The van der Waals surface area contributed by atoms with Gasteiger partial charge < -0.3 is 10.4 Å². The van der Waals surface area contributed by atoms with Crippen LogP contribution in [0.3, 0.4) is 0 Å². The molecule has 12 heavy (non-hydrogen) atoms. The molecule has 0 saturated carbocycles. The number of carbonyl (C=O) groups is 1. The summed E-state index contributed by atoms with van der Waals surface area (Å²) in [6.45, 7) is 4.88. The summed E-state index contributed by atoms with van der Waals surface area (Å²) < 4.78 is 0. The predicted octanol–water partition coefficient (Wildman–Crippen LogP) is 1.10. The van der Waals surface area contributed by atoms with Gasteiger partial charge in [0.2, 0.25) is 0 Å². The third kappa shape index (κ3) is 2.21. The van der Waals surface area contributed by atoms with E-state index in [2.05, 4.69) is 12.2 Å². The Hall–Kier alpha value is -0.570. The van der Waals surface area contributed by atoms with E-state index in [0.717, 1.165) is 19.4 Å². The van der Waals surface area contributed by atoms with Gasteiger partial charge in [0, 0.05) is 6.04 Å². The van der Waals surface area contributed by atoms with Gasteiger partial charge in [-0.3, -0.25) is 4.79 Å². The Morgan fingerprint density at radius 1 is 1.67 bits per heavy atom. The quantitative estimate of drug-likeness (QED) is 0.654. The van der Waals surface area contributed by atoms with Gasteiger partial charge in [-0.05, 0) is 32.2 Å². The summed E-state index contributed by atoms with van der Waals surface area (Å²) >= 11 is 0. The van der Waals surface area contributed by atoms with E-state index in [0.29, 0.717) is 12.0 Å². The summed E-state index contributed by atoms with van der Waals surface area (Å²) in [4.78, 5) is 10.7. The average Bonchev–Trinajstić information content (AvgIpc) is 2.03. The van der Waals surface area contributed by atoms with E-state index in [1.807, 2.05) is 6.92 Å². The number of piperidine rings is 1. The molecule has 1 saturated heterocycles. The Kier molecular flexibility index (Phi) is 3.09. The fourth-order valence-corrected chi connectivity index (χ4v) is 1.83. The highest BCUT2D eigenvalue weighted by molar-refractivity contribution is 5.69. The first-order valence-electron chi connectivity index (χ1n) is 4.57. The van der Waals surface area contributed by atoms with E-state index in [1.165, 1.54) is 0 Å². The molecule has 1 rings (SSSR count). The van der Waals surface area contributed by atoms with Crippen LogP contribution in [0.4, 0.5) is 0 Å². The molecule has 3 atom stereocenters. The second-order valence-electron chi connectivity index (χ2n) is 3.77. The van der Waals surface area contributed by atoms with Crippen LogP contribution in [0.5, 0.6) is 0 Å². The average molecular weight is 171 g/mol. The normalized spacial score (nSPS) is 32.8. The maximum absolute atomic E-state index is 10.7. The fraction of sp³-hybridized carbons (Fsp3) is 0.889. The van der Waals surface area contributed by atoms with E-state index in [1.54, 1.807) is 0 Å². The smallest absolute Gasteiger partial charge is 0.306 e. The summed E-state index contributed by atoms with van der Waals surface area (Å²) in [5.41, 5.74) is 0. The molecular weight excluding hydrogens is 154 g/mol. The first kappa shape index (κ1) is 9.52. The second kappa shape index (κ2) is 3.90. The zero-order chi connectivity index (χ0) is 9.14. The van der Waals surface area contributed by atoms with Crippen molar-refractivity contribution in [1.82, 2.24) is 5.32 Å². The standard InChI is InChI=1S/C9H17NO2/c1-6-5-8(3-4-10-6)7(2)9(11)12/h6-8,10H,3-5H2,1-2H3,(H,11,12). The predicted molar refractivity (Wildman–Crippen MR) is 47.0 cm³/mol. The first-order valence-corrected chi connectivity index (χ1v) is 4.57. The zero-order valence-corrected chi connectivity index (χ0v) is 7.71. The van der Waals surface area contributed by atoms with Crippen LogP contribution in [0, 0.1) is 11.8 Å². The van der Waals surface area contributed by atoms with Crippen molar-refractivity contribution in [3.8, 4) is 0 Å². The molecular formula is C9H17NO2. The maximum Gasteiger partial charge on any atom is 0.306 e. The highest BCUT2D eigenvalue weighted by atomic mass is 16.4. The molecule has 1 aliphatic heterocycles. The third-order valence-corrected chi connectivity index (χ3v) is 2.76. The summed E-state index contributed by atoms with van der Waals surface area (Å²) in [6, 6.07) is 0.477.